The van der Waals surface area contributed by atoms with Crippen LogP contribution in [0.4, 0.5) is 5.69 Å². The molecule has 0 radical (unpaired) electrons. The van der Waals surface area contributed by atoms with E-state index < -0.39 is 11.0 Å². The van der Waals surface area contributed by atoms with Crippen molar-refractivity contribution in [1.29, 1.82) is 0 Å². The molecule has 4 aliphatic rings. The second-order valence-corrected chi connectivity index (χ2v) is 11.5. The highest BCUT2D eigenvalue weighted by molar-refractivity contribution is 5.93. The van der Waals surface area contributed by atoms with E-state index in [1.165, 1.54) is 29.2 Å². The normalized spacial score (nSPS) is 33.9. The minimum Gasteiger partial charge on any atom is -0.451 e. The van der Waals surface area contributed by atoms with E-state index in [-0.39, 0.29) is 29.4 Å². The first-order chi connectivity index (χ1) is 16.6. The van der Waals surface area contributed by atoms with Crippen LogP contribution in [0.2, 0.25) is 0 Å². The van der Waals surface area contributed by atoms with E-state index in [2.05, 4.69) is 36.1 Å². The fraction of sp³-hybridized carbons (Fsp3) is 0.567. The van der Waals surface area contributed by atoms with Crippen LogP contribution in [0.3, 0.4) is 0 Å². The molecule has 1 aromatic rings. The van der Waals surface area contributed by atoms with Crippen LogP contribution in [-0.4, -0.2) is 37.2 Å². The van der Waals surface area contributed by atoms with Gasteiger partial charge in [-0.15, -0.1) is 0 Å². The van der Waals surface area contributed by atoms with Crippen LogP contribution in [0.25, 0.3) is 0 Å². The van der Waals surface area contributed by atoms with E-state index in [1.54, 1.807) is 6.92 Å². The average molecular weight is 476 g/mol. The van der Waals surface area contributed by atoms with Gasteiger partial charge in [-0.1, -0.05) is 24.6 Å². The van der Waals surface area contributed by atoms with Crippen molar-refractivity contribution in [3.8, 4) is 0 Å². The fourth-order valence-corrected chi connectivity index (χ4v) is 8.02. The summed E-state index contributed by atoms with van der Waals surface area (Å²) in [5.74, 6) is 0.584. The SMILES string of the molecule is CC(=O)OC1(C(C)=O)CC[C@H]2[C@@H]3CCC4=CC(=O)CCC4=C3[C@@H](c3ccc(N(C)C)cc3)C[C@@]21C. The molecule has 2 fully saturated rings. The molecule has 0 spiro atoms. The number of benzene rings is 1. The standard InChI is InChI=1S/C30H37NO4/c1-18(32)30(35-19(2)33)15-14-27-25-12-8-21-16-23(34)11-13-24(21)28(25)26(17-29(27,30)3)20-6-9-22(10-7-20)31(4)5/h6-7,9-10,16,25-27H,8,11-15,17H2,1-5H3/t25-,26+,27-,29-,30?/m0/s1. The summed E-state index contributed by atoms with van der Waals surface area (Å²) < 4.78 is 6.00. The molecule has 0 saturated heterocycles. The molecule has 0 heterocycles. The summed E-state index contributed by atoms with van der Waals surface area (Å²) in [5.41, 5.74) is 4.98. The lowest BCUT2D eigenvalue weighted by Gasteiger charge is -2.55. The molecule has 5 nitrogen and oxygen atoms in total. The van der Waals surface area contributed by atoms with Gasteiger partial charge in [-0.3, -0.25) is 14.4 Å². The largest absolute Gasteiger partial charge is 0.451 e. The lowest BCUT2D eigenvalue weighted by Crippen LogP contribution is -2.57. The van der Waals surface area contributed by atoms with Crippen LogP contribution in [0.5, 0.6) is 0 Å². The number of Topliss-reactive ketones (excluding diaryl/α,β-unsaturated/α-hetero) is 1. The molecule has 0 bridgehead atoms. The maximum Gasteiger partial charge on any atom is 0.303 e. The number of allylic oxidation sites excluding steroid dienone is 4. The third-order valence-corrected chi connectivity index (χ3v) is 9.55. The zero-order valence-corrected chi connectivity index (χ0v) is 21.6. The second kappa shape index (κ2) is 8.46. The first kappa shape index (κ1) is 24.0. The number of ether oxygens (including phenoxy) is 1. The number of fused-ring (bicyclic) bond motifs is 4. The Morgan fingerprint density at radius 3 is 2.37 bits per heavy atom. The second-order valence-electron chi connectivity index (χ2n) is 11.5. The number of esters is 1. The van der Waals surface area contributed by atoms with Crippen LogP contribution in [0, 0.1) is 17.3 Å². The number of carbonyl (C=O) groups excluding carboxylic acids is 3. The van der Waals surface area contributed by atoms with Gasteiger partial charge < -0.3 is 9.64 Å². The van der Waals surface area contributed by atoms with Crippen LogP contribution in [0.15, 0.2) is 47.1 Å². The van der Waals surface area contributed by atoms with Crippen molar-refractivity contribution >= 4 is 23.2 Å². The number of hydrogen-bond donors (Lipinski definition) is 0. The number of hydrogen-bond acceptors (Lipinski definition) is 5. The minimum atomic E-state index is -1.07. The highest BCUT2D eigenvalue weighted by atomic mass is 16.6. The lowest BCUT2D eigenvalue weighted by atomic mass is 9.50. The number of nitrogens with zero attached hydrogens (tertiary/aromatic N) is 1. The van der Waals surface area contributed by atoms with Crippen molar-refractivity contribution < 1.29 is 19.1 Å². The van der Waals surface area contributed by atoms with Crippen LogP contribution in [-0.2, 0) is 19.1 Å². The molecule has 0 amide bonds. The Labute approximate surface area is 208 Å². The maximum atomic E-state index is 13.2. The van der Waals surface area contributed by atoms with Crippen LogP contribution < -0.4 is 4.90 Å². The van der Waals surface area contributed by atoms with Crippen molar-refractivity contribution in [2.45, 2.75) is 77.2 Å². The number of anilines is 1. The summed E-state index contributed by atoms with van der Waals surface area (Å²) in [7, 11) is 4.08. The lowest BCUT2D eigenvalue weighted by molar-refractivity contribution is -0.182. The molecule has 5 rings (SSSR count). The zero-order chi connectivity index (χ0) is 25.1. The molecule has 5 atom stereocenters. The maximum absolute atomic E-state index is 13.2. The molecule has 35 heavy (non-hydrogen) atoms. The highest BCUT2D eigenvalue weighted by Crippen LogP contribution is 2.67. The molecule has 0 aromatic heterocycles. The summed E-state index contributed by atoms with van der Waals surface area (Å²) in [6.45, 7) is 5.22. The van der Waals surface area contributed by atoms with Gasteiger partial charge in [0, 0.05) is 44.5 Å². The average Bonchev–Trinajstić information content (AvgIpc) is 3.10. The third-order valence-electron chi connectivity index (χ3n) is 9.55. The Bertz CT molecular complexity index is 1140. The predicted octanol–water partition coefficient (Wildman–Crippen LogP) is 5.54. The summed E-state index contributed by atoms with van der Waals surface area (Å²) >= 11 is 0. The van der Waals surface area contributed by atoms with Gasteiger partial charge in [-0.05, 0) is 92.2 Å². The van der Waals surface area contributed by atoms with E-state index in [9.17, 15) is 14.4 Å². The number of ketones is 2. The molecule has 0 N–H and O–H groups in total. The van der Waals surface area contributed by atoms with Gasteiger partial charge in [0.15, 0.2) is 17.2 Å². The quantitative estimate of drug-likeness (QED) is 0.535. The molecule has 1 unspecified atom stereocenters. The molecule has 5 heteroatoms. The van der Waals surface area contributed by atoms with E-state index in [0.717, 1.165) is 37.8 Å². The summed E-state index contributed by atoms with van der Waals surface area (Å²) in [4.78, 5) is 39.8. The monoisotopic (exact) mass is 475 g/mol. The Morgan fingerprint density at radius 2 is 1.74 bits per heavy atom. The molecule has 0 aliphatic heterocycles. The van der Waals surface area contributed by atoms with Gasteiger partial charge in [-0.25, -0.2) is 0 Å². The summed E-state index contributed by atoms with van der Waals surface area (Å²) in [5, 5.41) is 0. The van der Waals surface area contributed by atoms with Gasteiger partial charge >= 0.3 is 5.97 Å². The Balaban J connectivity index is 1.68. The summed E-state index contributed by atoms with van der Waals surface area (Å²) in [6.07, 6.45) is 7.41. The third kappa shape index (κ3) is 3.61. The van der Waals surface area contributed by atoms with Crippen molar-refractivity contribution in [2.24, 2.45) is 17.3 Å². The van der Waals surface area contributed by atoms with Gasteiger partial charge in [0.25, 0.3) is 0 Å². The van der Waals surface area contributed by atoms with Crippen LogP contribution >= 0.6 is 0 Å². The van der Waals surface area contributed by atoms with Crippen molar-refractivity contribution in [2.75, 3.05) is 19.0 Å². The first-order valence-electron chi connectivity index (χ1n) is 13.0. The Morgan fingerprint density at radius 1 is 1.03 bits per heavy atom. The molecular formula is C30H37NO4. The van der Waals surface area contributed by atoms with Gasteiger partial charge in [0.05, 0.1) is 0 Å². The highest BCUT2D eigenvalue weighted by Gasteiger charge is 2.67. The van der Waals surface area contributed by atoms with Crippen molar-refractivity contribution in [3.05, 3.63) is 52.6 Å². The van der Waals surface area contributed by atoms with E-state index in [0.29, 0.717) is 18.8 Å². The minimum absolute atomic E-state index is 0.0323. The topological polar surface area (TPSA) is 63.7 Å². The Kier molecular flexibility index (Phi) is 5.81. The van der Waals surface area contributed by atoms with Crippen molar-refractivity contribution in [1.82, 2.24) is 0 Å². The van der Waals surface area contributed by atoms with Gasteiger partial charge in [0.1, 0.15) is 0 Å². The zero-order valence-electron chi connectivity index (χ0n) is 21.6. The number of carbonyl (C=O) groups is 3. The van der Waals surface area contributed by atoms with E-state index in [1.807, 2.05) is 20.2 Å². The van der Waals surface area contributed by atoms with E-state index >= 15 is 0 Å². The van der Waals surface area contributed by atoms with Crippen LogP contribution in [0.1, 0.15) is 77.2 Å². The molecule has 1 aromatic carbocycles. The molecular weight excluding hydrogens is 438 g/mol. The van der Waals surface area contributed by atoms with E-state index in [4.69, 9.17) is 4.74 Å². The number of rotatable bonds is 4. The molecule has 4 aliphatic carbocycles. The smallest absolute Gasteiger partial charge is 0.303 e. The predicted molar refractivity (Wildman–Crippen MR) is 136 cm³/mol. The molecule has 2 saturated carbocycles. The summed E-state index contributed by atoms with van der Waals surface area (Å²) in [6, 6.07) is 8.76. The fourth-order valence-electron chi connectivity index (χ4n) is 8.02. The van der Waals surface area contributed by atoms with Gasteiger partial charge in [-0.2, -0.15) is 0 Å². The molecule has 186 valence electrons. The Hall–Kier alpha value is -2.69. The van der Waals surface area contributed by atoms with Gasteiger partial charge in [0.2, 0.25) is 0 Å². The first-order valence-corrected chi connectivity index (χ1v) is 13.0. The van der Waals surface area contributed by atoms with Crippen molar-refractivity contribution in [3.63, 3.8) is 0 Å².